The molecule has 5 N–H and O–H groups in total. The number of H-pyrrole nitrogens is 1. The fourth-order valence-electron chi connectivity index (χ4n) is 2.56. The molecule has 1 aromatic carbocycles. The van der Waals surface area contributed by atoms with Crippen LogP contribution in [0.2, 0.25) is 0 Å². The third-order valence-corrected chi connectivity index (χ3v) is 4.43. The van der Waals surface area contributed by atoms with Gasteiger partial charge >= 0.3 is 11.9 Å². The summed E-state index contributed by atoms with van der Waals surface area (Å²) in [5.74, 6) is -4.12. The van der Waals surface area contributed by atoms with Crippen molar-refractivity contribution in [2.75, 3.05) is 5.73 Å². The van der Waals surface area contributed by atoms with Crippen LogP contribution >= 0.6 is 11.3 Å². The van der Waals surface area contributed by atoms with Gasteiger partial charge in [0.05, 0.1) is 4.70 Å². The summed E-state index contributed by atoms with van der Waals surface area (Å²) in [5.41, 5.74) is 2.99. The van der Waals surface area contributed by atoms with Crippen LogP contribution in [0.1, 0.15) is 20.7 Å². The predicted octanol–water partition coefficient (Wildman–Crippen LogP) is 2.37. The number of thiophene rings is 1. The number of rotatable bonds is 3. The maximum Gasteiger partial charge on any atom is 0.342 e. The highest BCUT2D eigenvalue weighted by atomic mass is 32.1. The summed E-state index contributed by atoms with van der Waals surface area (Å²) in [6.45, 7) is 0. The van der Waals surface area contributed by atoms with Crippen molar-refractivity contribution in [2.45, 2.75) is 0 Å². The maximum absolute atomic E-state index is 13.9. The van der Waals surface area contributed by atoms with Gasteiger partial charge in [0.15, 0.2) is 0 Å². The molecule has 0 aliphatic heterocycles. The number of pyridine rings is 1. The summed E-state index contributed by atoms with van der Waals surface area (Å²) in [6, 6.07) is 3.84. The molecular formula is C15H9FN2O5S. The van der Waals surface area contributed by atoms with Gasteiger partial charge in [-0.3, -0.25) is 4.79 Å². The Morgan fingerprint density at radius 1 is 1.12 bits per heavy atom. The average Bonchev–Trinajstić information content (AvgIpc) is 2.96. The van der Waals surface area contributed by atoms with Crippen LogP contribution < -0.4 is 11.3 Å². The second kappa shape index (κ2) is 5.46. The number of aromatic nitrogens is 1. The number of carboxylic acid groups (broad SMARTS) is 2. The van der Waals surface area contributed by atoms with Gasteiger partial charge in [-0.2, -0.15) is 0 Å². The largest absolute Gasteiger partial charge is 0.478 e. The van der Waals surface area contributed by atoms with Crippen LogP contribution in [0.4, 0.5) is 10.2 Å². The molecule has 122 valence electrons. The van der Waals surface area contributed by atoms with E-state index in [9.17, 15) is 29.0 Å². The Labute approximate surface area is 136 Å². The number of hydrogen-bond donors (Lipinski definition) is 4. The first-order valence-corrected chi connectivity index (χ1v) is 7.39. The Hall–Kier alpha value is -3.20. The highest BCUT2D eigenvalue weighted by molar-refractivity contribution is 7.17. The molecule has 0 amide bonds. The number of nitrogens with two attached hydrogens (primary N) is 1. The maximum atomic E-state index is 13.9. The van der Waals surface area contributed by atoms with E-state index in [-0.39, 0.29) is 15.8 Å². The number of fused-ring (bicyclic) bond motifs is 1. The van der Waals surface area contributed by atoms with Crippen LogP contribution in [-0.2, 0) is 0 Å². The van der Waals surface area contributed by atoms with Crippen LogP contribution in [0.25, 0.3) is 21.2 Å². The van der Waals surface area contributed by atoms with Gasteiger partial charge in [0.25, 0.3) is 5.56 Å². The van der Waals surface area contributed by atoms with Crippen LogP contribution in [0.15, 0.2) is 28.4 Å². The zero-order valence-electron chi connectivity index (χ0n) is 11.8. The highest BCUT2D eigenvalue weighted by Crippen LogP contribution is 2.37. The van der Waals surface area contributed by atoms with Crippen molar-refractivity contribution in [3.8, 4) is 11.1 Å². The van der Waals surface area contributed by atoms with Crippen LogP contribution in [0.3, 0.4) is 0 Å². The normalized spacial score (nSPS) is 10.9. The van der Waals surface area contributed by atoms with Crippen molar-refractivity contribution in [1.82, 2.24) is 4.98 Å². The summed E-state index contributed by atoms with van der Waals surface area (Å²) in [4.78, 5) is 37.1. The lowest BCUT2D eigenvalue weighted by molar-refractivity contribution is 0.0695. The Morgan fingerprint density at radius 2 is 1.79 bits per heavy atom. The topological polar surface area (TPSA) is 133 Å². The standard InChI is InChI=1S/C15H9FN2O5S/c16-7-2-1-5(6-3-4-24-11(6)7)8-9(14(20)21)12(17)18-13(19)10(8)15(22)23/h1-4H,(H,20,21)(H,22,23)(H3,17,18,19). The Balaban J connectivity index is 2.56. The summed E-state index contributed by atoms with van der Waals surface area (Å²) in [7, 11) is 0. The molecular weight excluding hydrogens is 339 g/mol. The number of halogens is 1. The first-order valence-electron chi connectivity index (χ1n) is 6.51. The predicted molar refractivity (Wildman–Crippen MR) is 86.2 cm³/mol. The lowest BCUT2D eigenvalue weighted by Gasteiger charge is -2.13. The summed E-state index contributed by atoms with van der Waals surface area (Å²) in [6.07, 6.45) is 0. The molecule has 0 spiro atoms. The fraction of sp³-hybridized carbons (Fsp3) is 0. The van der Waals surface area contributed by atoms with Crippen molar-refractivity contribution in [2.24, 2.45) is 0 Å². The zero-order chi connectivity index (χ0) is 17.6. The van der Waals surface area contributed by atoms with Crippen LogP contribution in [0, 0.1) is 5.82 Å². The second-order valence-electron chi connectivity index (χ2n) is 4.86. The summed E-state index contributed by atoms with van der Waals surface area (Å²) in [5, 5.41) is 20.7. The molecule has 0 bridgehead atoms. The molecule has 3 aromatic rings. The van der Waals surface area contributed by atoms with Crippen molar-refractivity contribution in [3.63, 3.8) is 0 Å². The third kappa shape index (κ3) is 2.22. The molecule has 3 rings (SSSR count). The van der Waals surface area contributed by atoms with Gasteiger partial charge in [0.1, 0.15) is 22.8 Å². The molecule has 2 aromatic heterocycles. The van der Waals surface area contributed by atoms with Crippen LogP contribution in [0.5, 0.6) is 0 Å². The molecule has 0 radical (unpaired) electrons. The van der Waals surface area contributed by atoms with E-state index >= 15 is 0 Å². The molecule has 0 aliphatic rings. The minimum Gasteiger partial charge on any atom is -0.478 e. The van der Waals surface area contributed by atoms with Gasteiger partial charge in [-0.25, -0.2) is 14.0 Å². The summed E-state index contributed by atoms with van der Waals surface area (Å²) < 4.78 is 14.1. The Kier molecular flexibility index (Phi) is 3.57. The van der Waals surface area contributed by atoms with E-state index < -0.39 is 40.3 Å². The molecule has 2 heterocycles. The van der Waals surface area contributed by atoms with Gasteiger partial charge in [-0.05, 0) is 23.1 Å². The number of carbonyl (C=O) groups is 2. The zero-order valence-corrected chi connectivity index (χ0v) is 12.6. The van der Waals surface area contributed by atoms with Crippen LogP contribution in [-0.4, -0.2) is 27.1 Å². The number of aromatic carboxylic acids is 2. The van der Waals surface area contributed by atoms with E-state index in [0.29, 0.717) is 5.39 Å². The van der Waals surface area contributed by atoms with Gasteiger partial charge in [-0.1, -0.05) is 6.07 Å². The number of aromatic amines is 1. The van der Waals surface area contributed by atoms with Crippen molar-refractivity contribution in [1.29, 1.82) is 0 Å². The molecule has 0 saturated carbocycles. The Morgan fingerprint density at radius 3 is 2.42 bits per heavy atom. The SMILES string of the molecule is Nc1[nH]c(=O)c(C(=O)O)c(-c2ccc(F)c3sccc23)c1C(=O)O. The fourth-order valence-corrected chi connectivity index (χ4v) is 3.39. The van der Waals surface area contributed by atoms with Crippen molar-refractivity contribution in [3.05, 3.63) is 50.9 Å². The monoisotopic (exact) mass is 348 g/mol. The van der Waals surface area contributed by atoms with E-state index in [1.807, 2.05) is 4.98 Å². The van der Waals surface area contributed by atoms with Gasteiger partial charge in [-0.15, -0.1) is 11.3 Å². The quantitative estimate of drug-likeness (QED) is 0.574. The van der Waals surface area contributed by atoms with Gasteiger partial charge in [0.2, 0.25) is 0 Å². The smallest absolute Gasteiger partial charge is 0.342 e. The van der Waals surface area contributed by atoms with E-state index in [1.54, 1.807) is 5.38 Å². The van der Waals surface area contributed by atoms with E-state index in [0.717, 1.165) is 17.4 Å². The first-order chi connectivity index (χ1) is 11.3. The number of benzene rings is 1. The van der Waals surface area contributed by atoms with E-state index in [4.69, 9.17) is 5.73 Å². The molecule has 24 heavy (non-hydrogen) atoms. The van der Waals surface area contributed by atoms with E-state index in [1.165, 1.54) is 12.1 Å². The summed E-state index contributed by atoms with van der Waals surface area (Å²) >= 11 is 1.07. The van der Waals surface area contributed by atoms with Gasteiger partial charge < -0.3 is 20.9 Å². The lowest BCUT2D eigenvalue weighted by atomic mass is 9.93. The number of nitrogens with one attached hydrogen (secondary N) is 1. The molecule has 7 nitrogen and oxygen atoms in total. The lowest BCUT2D eigenvalue weighted by Crippen LogP contribution is -2.24. The highest BCUT2D eigenvalue weighted by Gasteiger charge is 2.28. The molecule has 0 saturated heterocycles. The third-order valence-electron chi connectivity index (χ3n) is 3.51. The molecule has 0 atom stereocenters. The Bertz CT molecular complexity index is 1070. The second-order valence-corrected chi connectivity index (χ2v) is 5.78. The molecule has 0 aliphatic carbocycles. The number of anilines is 1. The van der Waals surface area contributed by atoms with Crippen molar-refractivity contribution >= 4 is 39.2 Å². The van der Waals surface area contributed by atoms with E-state index in [2.05, 4.69) is 0 Å². The molecule has 0 unspecified atom stereocenters. The van der Waals surface area contributed by atoms with Gasteiger partial charge in [0, 0.05) is 10.9 Å². The average molecular weight is 348 g/mol. The number of nitrogen functional groups attached to an aromatic ring is 1. The number of carboxylic acids is 2. The molecule has 0 fully saturated rings. The molecule has 9 heteroatoms. The number of hydrogen-bond acceptors (Lipinski definition) is 5. The first kappa shape index (κ1) is 15.7. The minimum absolute atomic E-state index is 0.111. The minimum atomic E-state index is -1.61. The van der Waals surface area contributed by atoms with Crippen molar-refractivity contribution < 1.29 is 24.2 Å².